The van der Waals surface area contributed by atoms with Crippen LogP contribution in [-0.4, -0.2) is 9.97 Å². The lowest BCUT2D eigenvalue weighted by Crippen LogP contribution is -1.91. The molecule has 2 aromatic heterocycles. The first-order valence-corrected chi connectivity index (χ1v) is 4.12. The van der Waals surface area contributed by atoms with Crippen molar-refractivity contribution in [3.8, 4) is 11.6 Å². The molecule has 2 aromatic rings. The molecule has 0 atom stereocenters. The number of nitrogens with two attached hydrogens (primary N) is 1. The summed E-state index contributed by atoms with van der Waals surface area (Å²) in [5, 5.41) is 0. The van der Waals surface area contributed by atoms with E-state index in [2.05, 4.69) is 9.97 Å². The van der Waals surface area contributed by atoms with Crippen LogP contribution in [0.5, 0.6) is 0 Å². The van der Waals surface area contributed by atoms with E-state index in [0.717, 1.165) is 0 Å². The Bertz CT molecular complexity index is 453. The summed E-state index contributed by atoms with van der Waals surface area (Å²) in [6.07, 6.45) is 0.132. The van der Waals surface area contributed by atoms with Crippen LogP contribution in [-0.2, 0) is 0 Å². The molecule has 6 heteroatoms. The van der Waals surface area contributed by atoms with Crippen LogP contribution >= 0.6 is 0 Å². The van der Waals surface area contributed by atoms with Gasteiger partial charge in [-0.3, -0.25) is 0 Å². The van der Waals surface area contributed by atoms with Gasteiger partial charge < -0.3 is 10.2 Å². The van der Waals surface area contributed by atoms with Crippen LogP contribution in [0.2, 0.25) is 0 Å². The molecule has 0 aliphatic rings. The number of rotatable bonds is 2. The Labute approximate surface area is 83.8 Å². The fourth-order valence-electron chi connectivity index (χ4n) is 1.06. The molecule has 0 aromatic carbocycles. The number of halogens is 2. The van der Waals surface area contributed by atoms with E-state index >= 15 is 0 Å². The van der Waals surface area contributed by atoms with E-state index in [0.29, 0.717) is 5.69 Å². The van der Waals surface area contributed by atoms with Gasteiger partial charge in [0.25, 0.3) is 6.43 Å². The van der Waals surface area contributed by atoms with Crippen LogP contribution in [0.1, 0.15) is 12.2 Å². The number of aromatic nitrogens is 2. The van der Waals surface area contributed by atoms with E-state index in [9.17, 15) is 8.78 Å². The van der Waals surface area contributed by atoms with Gasteiger partial charge >= 0.3 is 0 Å². The predicted molar refractivity (Wildman–Crippen MR) is 49.1 cm³/mol. The highest BCUT2D eigenvalue weighted by molar-refractivity contribution is 5.48. The summed E-state index contributed by atoms with van der Waals surface area (Å²) in [7, 11) is 0. The molecule has 0 amide bonds. The molecule has 0 saturated heterocycles. The molecule has 78 valence electrons. The zero-order valence-corrected chi connectivity index (χ0v) is 7.52. The number of furan rings is 1. The van der Waals surface area contributed by atoms with Gasteiger partial charge in [-0.2, -0.15) is 0 Å². The second kappa shape index (κ2) is 3.64. The summed E-state index contributed by atoms with van der Waals surface area (Å²) in [6, 6.07) is 2.59. The first-order valence-electron chi connectivity index (χ1n) is 4.12. The second-order valence-electron chi connectivity index (χ2n) is 2.84. The normalized spacial score (nSPS) is 10.9. The molecule has 0 saturated carbocycles. The molecule has 15 heavy (non-hydrogen) atoms. The molecule has 2 heterocycles. The minimum absolute atomic E-state index is 0.199. The van der Waals surface area contributed by atoms with Crippen molar-refractivity contribution in [3.63, 3.8) is 0 Å². The maximum absolute atomic E-state index is 12.2. The van der Waals surface area contributed by atoms with Gasteiger partial charge in [0, 0.05) is 0 Å². The summed E-state index contributed by atoms with van der Waals surface area (Å²) < 4.78 is 29.3. The number of nitrogens with zero attached hydrogens (tertiary/aromatic N) is 2. The third-order valence-electron chi connectivity index (χ3n) is 1.73. The highest BCUT2D eigenvalue weighted by atomic mass is 19.3. The van der Waals surface area contributed by atoms with Gasteiger partial charge in [0.2, 0.25) is 0 Å². The molecular formula is C9H7F2N3O. The number of anilines is 1. The highest BCUT2D eigenvalue weighted by Crippen LogP contribution is 2.25. The van der Waals surface area contributed by atoms with E-state index in [1.54, 1.807) is 0 Å². The van der Waals surface area contributed by atoms with Crippen LogP contribution in [0.15, 0.2) is 28.9 Å². The summed E-state index contributed by atoms with van der Waals surface area (Å²) in [5.74, 6) is 0.0341. The van der Waals surface area contributed by atoms with Gasteiger partial charge in [-0.25, -0.2) is 18.7 Å². The lowest BCUT2D eigenvalue weighted by molar-refractivity contribution is 0.122. The van der Waals surface area contributed by atoms with Gasteiger partial charge in [0.15, 0.2) is 17.3 Å². The second-order valence-corrected chi connectivity index (χ2v) is 2.84. The molecule has 0 aliphatic heterocycles. The summed E-state index contributed by atoms with van der Waals surface area (Å²) >= 11 is 0. The van der Waals surface area contributed by atoms with Crippen LogP contribution in [0.4, 0.5) is 14.5 Å². The largest absolute Gasteiger partial charge is 0.452 e. The minimum atomic E-state index is -2.63. The molecule has 0 radical (unpaired) electrons. The van der Waals surface area contributed by atoms with Crippen molar-refractivity contribution in [3.05, 3.63) is 30.3 Å². The van der Waals surface area contributed by atoms with Gasteiger partial charge in [-0.15, -0.1) is 0 Å². The van der Waals surface area contributed by atoms with Gasteiger partial charge in [0.05, 0.1) is 18.1 Å². The Balaban J connectivity index is 2.33. The number of alkyl halides is 2. The van der Waals surface area contributed by atoms with E-state index in [4.69, 9.17) is 10.2 Å². The van der Waals surface area contributed by atoms with Crippen molar-refractivity contribution >= 4 is 5.69 Å². The Morgan fingerprint density at radius 2 is 1.87 bits per heavy atom. The number of hydrogen-bond donors (Lipinski definition) is 1. The fourth-order valence-corrected chi connectivity index (χ4v) is 1.06. The van der Waals surface area contributed by atoms with Crippen molar-refractivity contribution < 1.29 is 13.2 Å². The Morgan fingerprint density at radius 3 is 2.40 bits per heavy atom. The zero-order chi connectivity index (χ0) is 10.8. The minimum Gasteiger partial charge on any atom is -0.452 e. The topological polar surface area (TPSA) is 64.9 Å². The van der Waals surface area contributed by atoms with Crippen molar-refractivity contribution in [2.45, 2.75) is 6.43 Å². The first kappa shape index (κ1) is 9.57. The molecule has 0 aliphatic carbocycles. The van der Waals surface area contributed by atoms with Crippen molar-refractivity contribution in [2.75, 3.05) is 5.73 Å². The molecule has 2 N–H and O–H groups in total. The maximum Gasteiger partial charge on any atom is 0.295 e. The fraction of sp³-hybridized carbons (Fsp3) is 0.111. The highest BCUT2D eigenvalue weighted by Gasteiger charge is 2.14. The van der Waals surface area contributed by atoms with E-state index in [-0.39, 0.29) is 11.6 Å². The van der Waals surface area contributed by atoms with E-state index in [1.165, 1.54) is 24.5 Å². The molecule has 4 nitrogen and oxygen atoms in total. The maximum atomic E-state index is 12.2. The summed E-state index contributed by atoms with van der Waals surface area (Å²) in [4.78, 5) is 7.69. The molecule has 0 spiro atoms. The third-order valence-corrected chi connectivity index (χ3v) is 1.73. The summed E-state index contributed by atoms with van der Waals surface area (Å²) in [5.41, 5.74) is 5.78. The average molecular weight is 211 g/mol. The number of nitrogen functional groups attached to an aromatic ring is 1. The summed E-state index contributed by atoms with van der Waals surface area (Å²) in [6.45, 7) is 0. The van der Waals surface area contributed by atoms with Crippen LogP contribution in [0.25, 0.3) is 11.6 Å². The monoisotopic (exact) mass is 211 g/mol. The molecule has 0 bridgehead atoms. The van der Waals surface area contributed by atoms with Crippen molar-refractivity contribution in [1.82, 2.24) is 9.97 Å². The quantitative estimate of drug-likeness (QED) is 0.827. The Kier molecular flexibility index (Phi) is 2.32. The van der Waals surface area contributed by atoms with Gasteiger partial charge in [-0.1, -0.05) is 0 Å². The third kappa shape index (κ3) is 1.93. The molecule has 2 rings (SSSR count). The number of hydrogen-bond acceptors (Lipinski definition) is 4. The SMILES string of the molecule is Nc1cnc(-c2ccc(C(F)F)o2)nc1. The Morgan fingerprint density at radius 1 is 1.20 bits per heavy atom. The average Bonchev–Trinajstić information content (AvgIpc) is 2.68. The van der Waals surface area contributed by atoms with Crippen LogP contribution in [0.3, 0.4) is 0 Å². The first-order chi connectivity index (χ1) is 7.16. The van der Waals surface area contributed by atoms with Gasteiger partial charge in [0.1, 0.15) is 0 Å². The Hall–Kier alpha value is -1.98. The van der Waals surface area contributed by atoms with Crippen LogP contribution < -0.4 is 5.73 Å². The lowest BCUT2D eigenvalue weighted by atomic mass is 10.4. The lowest BCUT2D eigenvalue weighted by Gasteiger charge is -1.96. The predicted octanol–water partition coefficient (Wildman–Crippen LogP) is 2.26. The van der Waals surface area contributed by atoms with Crippen LogP contribution in [0, 0.1) is 0 Å². The van der Waals surface area contributed by atoms with Gasteiger partial charge in [-0.05, 0) is 12.1 Å². The smallest absolute Gasteiger partial charge is 0.295 e. The van der Waals surface area contributed by atoms with E-state index < -0.39 is 12.2 Å². The van der Waals surface area contributed by atoms with E-state index in [1.807, 2.05) is 0 Å². The molecular weight excluding hydrogens is 204 g/mol. The molecule has 0 unspecified atom stereocenters. The zero-order valence-electron chi connectivity index (χ0n) is 7.52. The standard InChI is InChI=1S/C9H7F2N3O/c10-8(11)6-1-2-7(15-6)9-13-3-5(12)4-14-9/h1-4,8H,12H2. The molecule has 0 fully saturated rings. The van der Waals surface area contributed by atoms with Crippen molar-refractivity contribution in [2.24, 2.45) is 0 Å². The van der Waals surface area contributed by atoms with Crippen molar-refractivity contribution in [1.29, 1.82) is 0 Å².